The van der Waals surface area contributed by atoms with Gasteiger partial charge in [0.15, 0.2) is 0 Å². The van der Waals surface area contributed by atoms with Gasteiger partial charge in [-0.2, -0.15) is 0 Å². The number of aryl methyl sites for hydroxylation is 1. The second-order valence-electron chi connectivity index (χ2n) is 8.21. The Morgan fingerprint density at radius 3 is 2.50 bits per heavy atom. The second-order valence-corrected chi connectivity index (χ2v) is 9.16. The van der Waals surface area contributed by atoms with E-state index < -0.39 is 0 Å². The molecule has 0 saturated carbocycles. The molecule has 3 aromatic rings. The number of benzene rings is 2. The summed E-state index contributed by atoms with van der Waals surface area (Å²) in [5.41, 5.74) is 3.67. The topological polar surface area (TPSA) is 74.3 Å². The average Bonchev–Trinajstić information content (AvgIpc) is 3.23. The highest BCUT2D eigenvalue weighted by Gasteiger charge is 2.22. The molecule has 2 heterocycles. The van der Waals surface area contributed by atoms with E-state index in [0.29, 0.717) is 5.56 Å². The molecule has 0 spiro atoms. The van der Waals surface area contributed by atoms with E-state index in [2.05, 4.69) is 20.5 Å². The van der Waals surface area contributed by atoms with E-state index in [1.165, 1.54) is 11.3 Å². The van der Waals surface area contributed by atoms with Crippen molar-refractivity contribution in [1.29, 1.82) is 0 Å². The molecular weight excluding hydrogens is 420 g/mol. The Kier molecular flexibility index (Phi) is 7.29. The summed E-state index contributed by atoms with van der Waals surface area (Å²) < 4.78 is 0. The summed E-state index contributed by atoms with van der Waals surface area (Å²) in [4.78, 5) is 31.7. The number of likely N-dealkylation sites (tertiary alicyclic amines) is 1. The van der Waals surface area contributed by atoms with Crippen LogP contribution in [0.5, 0.6) is 0 Å². The van der Waals surface area contributed by atoms with E-state index in [4.69, 9.17) is 0 Å². The first-order valence-electron chi connectivity index (χ1n) is 10.9. The third kappa shape index (κ3) is 6.24. The highest BCUT2D eigenvalue weighted by atomic mass is 32.1. The summed E-state index contributed by atoms with van der Waals surface area (Å²) in [5, 5.41) is 8.94. The molecule has 0 bridgehead atoms. The Morgan fingerprint density at radius 1 is 1.06 bits per heavy atom. The van der Waals surface area contributed by atoms with E-state index in [1.54, 1.807) is 0 Å². The number of nitrogens with one attached hydrogen (secondary N) is 2. The predicted octanol–water partition coefficient (Wildman–Crippen LogP) is 4.03. The van der Waals surface area contributed by atoms with Crippen molar-refractivity contribution in [2.24, 2.45) is 0 Å². The van der Waals surface area contributed by atoms with Gasteiger partial charge in [-0.3, -0.25) is 14.5 Å². The molecule has 2 aromatic carbocycles. The Hall–Kier alpha value is -3.03. The van der Waals surface area contributed by atoms with Gasteiger partial charge in [-0.1, -0.05) is 35.9 Å². The molecule has 6 nitrogen and oxygen atoms in total. The van der Waals surface area contributed by atoms with Gasteiger partial charge in [0.2, 0.25) is 5.91 Å². The number of hydrogen-bond donors (Lipinski definition) is 2. The van der Waals surface area contributed by atoms with Gasteiger partial charge in [0, 0.05) is 42.3 Å². The molecular formula is C25H28N4O2S. The van der Waals surface area contributed by atoms with Gasteiger partial charge in [-0.15, -0.1) is 11.3 Å². The monoisotopic (exact) mass is 448 g/mol. The van der Waals surface area contributed by atoms with Gasteiger partial charge in [0.05, 0.1) is 12.1 Å². The van der Waals surface area contributed by atoms with Crippen molar-refractivity contribution in [2.45, 2.75) is 38.8 Å². The standard InChI is InChI=1S/C25H28N4O2S/c1-18-7-9-20(10-8-18)26-23(30)15-24-27-22(17-32-24)16-29-13-11-21(12-14-29)28-25(31)19-5-3-2-4-6-19/h2-10,17,21H,11-16H2,1H3,(H,26,30)(H,28,31). The van der Waals surface area contributed by atoms with Gasteiger partial charge in [-0.05, 0) is 44.0 Å². The summed E-state index contributed by atoms with van der Waals surface area (Å²) in [6.45, 7) is 4.63. The first kappa shape index (κ1) is 22.2. The number of aromatic nitrogens is 1. The van der Waals surface area contributed by atoms with Gasteiger partial charge < -0.3 is 10.6 Å². The highest BCUT2D eigenvalue weighted by Crippen LogP contribution is 2.18. The minimum absolute atomic E-state index is 0.00268. The molecule has 0 radical (unpaired) electrons. The van der Waals surface area contributed by atoms with Crippen LogP contribution in [0.4, 0.5) is 5.69 Å². The molecule has 1 aromatic heterocycles. The number of nitrogens with zero attached hydrogens (tertiary/aromatic N) is 2. The van der Waals surface area contributed by atoms with Gasteiger partial charge in [-0.25, -0.2) is 4.98 Å². The maximum absolute atomic E-state index is 12.3. The van der Waals surface area contributed by atoms with Crippen LogP contribution in [0.15, 0.2) is 60.0 Å². The maximum atomic E-state index is 12.3. The molecule has 2 amide bonds. The van der Waals surface area contributed by atoms with Crippen molar-refractivity contribution in [1.82, 2.24) is 15.2 Å². The molecule has 2 N–H and O–H groups in total. The molecule has 0 aliphatic carbocycles. The fraction of sp³-hybridized carbons (Fsp3) is 0.320. The normalized spacial score (nSPS) is 14.8. The Morgan fingerprint density at radius 2 is 1.78 bits per heavy atom. The lowest BCUT2D eigenvalue weighted by molar-refractivity contribution is -0.115. The van der Waals surface area contributed by atoms with Crippen molar-refractivity contribution in [3.8, 4) is 0 Å². The predicted molar refractivity (Wildman–Crippen MR) is 128 cm³/mol. The third-order valence-corrected chi connectivity index (χ3v) is 6.49. The number of thiazole rings is 1. The number of carbonyl (C=O) groups excluding carboxylic acids is 2. The summed E-state index contributed by atoms with van der Waals surface area (Å²) in [6.07, 6.45) is 2.13. The number of piperidine rings is 1. The molecule has 1 aliphatic heterocycles. The molecule has 7 heteroatoms. The number of amides is 2. The van der Waals surface area contributed by atoms with Crippen LogP contribution >= 0.6 is 11.3 Å². The van der Waals surface area contributed by atoms with Crippen molar-refractivity contribution in [3.05, 3.63) is 81.8 Å². The Labute approximate surface area is 192 Å². The fourth-order valence-corrected chi connectivity index (χ4v) is 4.59. The van der Waals surface area contributed by atoms with Crippen LogP contribution in [0.3, 0.4) is 0 Å². The molecule has 0 unspecified atom stereocenters. The van der Waals surface area contributed by atoms with Gasteiger partial charge >= 0.3 is 0 Å². The highest BCUT2D eigenvalue weighted by molar-refractivity contribution is 7.09. The lowest BCUT2D eigenvalue weighted by atomic mass is 10.0. The largest absolute Gasteiger partial charge is 0.349 e. The van der Waals surface area contributed by atoms with Crippen LogP contribution in [0, 0.1) is 6.92 Å². The molecule has 1 aliphatic rings. The van der Waals surface area contributed by atoms with Crippen LogP contribution in [-0.4, -0.2) is 40.8 Å². The SMILES string of the molecule is Cc1ccc(NC(=O)Cc2nc(CN3CCC(NC(=O)c4ccccc4)CC3)cs2)cc1. The summed E-state index contributed by atoms with van der Waals surface area (Å²) in [7, 11) is 0. The molecule has 166 valence electrons. The van der Waals surface area contributed by atoms with E-state index >= 15 is 0 Å². The van der Waals surface area contributed by atoms with Crippen LogP contribution in [0.2, 0.25) is 0 Å². The van der Waals surface area contributed by atoms with Crippen LogP contribution in [0.1, 0.15) is 39.5 Å². The molecule has 1 saturated heterocycles. The van der Waals surface area contributed by atoms with Gasteiger partial charge in [0.1, 0.15) is 5.01 Å². The van der Waals surface area contributed by atoms with Crippen LogP contribution < -0.4 is 10.6 Å². The lowest BCUT2D eigenvalue weighted by Gasteiger charge is -2.31. The summed E-state index contributed by atoms with van der Waals surface area (Å²) in [5.74, 6) is -0.0539. The average molecular weight is 449 g/mol. The second kappa shape index (κ2) is 10.5. The van der Waals surface area contributed by atoms with Crippen LogP contribution in [-0.2, 0) is 17.8 Å². The molecule has 4 rings (SSSR count). The van der Waals surface area contributed by atoms with E-state index in [-0.39, 0.29) is 24.3 Å². The minimum atomic E-state index is -0.0512. The number of hydrogen-bond acceptors (Lipinski definition) is 5. The molecule has 32 heavy (non-hydrogen) atoms. The van der Waals surface area contributed by atoms with E-state index in [0.717, 1.165) is 54.4 Å². The quantitative estimate of drug-likeness (QED) is 0.572. The zero-order valence-electron chi connectivity index (χ0n) is 18.2. The van der Waals surface area contributed by atoms with Crippen molar-refractivity contribution in [3.63, 3.8) is 0 Å². The third-order valence-electron chi connectivity index (χ3n) is 5.59. The Bertz CT molecular complexity index is 1040. The van der Waals surface area contributed by atoms with E-state index in [1.807, 2.05) is 66.9 Å². The first-order valence-corrected chi connectivity index (χ1v) is 11.8. The summed E-state index contributed by atoms with van der Waals surface area (Å²) in [6, 6.07) is 17.3. The smallest absolute Gasteiger partial charge is 0.251 e. The number of rotatable bonds is 7. The fourth-order valence-electron chi connectivity index (χ4n) is 3.80. The van der Waals surface area contributed by atoms with Crippen LogP contribution in [0.25, 0.3) is 0 Å². The lowest BCUT2D eigenvalue weighted by Crippen LogP contribution is -2.44. The number of anilines is 1. The first-order chi connectivity index (χ1) is 15.5. The van der Waals surface area contributed by atoms with E-state index in [9.17, 15) is 9.59 Å². The minimum Gasteiger partial charge on any atom is -0.349 e. The van der Waals surface area contributed by atoms with Gasteiger partial charge in [0.25, 0.3) is 5.91 Å². The molecule has 1 fully saturated rings. The zero-order chi connectivity index (χ0) is 22.3. The molecule has 0 atom stereocenters. The van der Waals surface area contributed by atoms with Crippen molar-refractivity contribution >= 4 is 28.8 Å². The van der Waals surface area contributed by atoms with Crippen molar-refractivity contribution < 1.29 is 9.59 Å². The Balaban J connectivity index is 1.21. The van der Waals surface area contributed by atoms with Crippen molar-refractivity contribution in [2.75, 3.05) is 18.4 Å². The maximum Gasteiger partial charge on any atom is 0.251 e. The summed E-state index contributed by atoms with van der Waals surface area (Å²) >= 11 is 1.53. The number of carbonyl (C=O) groups is 2. The zero-order valence-corrected chi connectivity index (χ0v) is 19.0.